The van der Waals surface area contributed by atoms with Gasteiger partial charge in [0.25, 0.3) is 0 Å². The van der Waals surface area contributed by atoms with Crippen molar-refractivity contribution in [3.05, 3.63) is 0 Å². The Morgan fingerprint density at radius 3 is 2.88 bits per heavy atom. The van der Waals surface area contributed by atoms with Crippen LogP contribution in [-0.4, -0.2) is 46.8 Å². The molecule has 0 bridgehead atoms. The lowest BCUT2D eigenvalue weighted by molar-refractivity contribution is -0.141. The molecule has 0 amide bonds. The second kappa shape index (κ2) is 6.86. The van der Waals surface area contributed by atoms with E-state index in [4.69, 9.17) is 10.2 Å². The Hall–Kier alpha value is -0.610. The first-order valence-corrected chi connectivity index (χ1v) is 6.23. The molecule has 0 radical (unpaired) electrons. The van der Waals surface area contributed by atoms with E-state index in [0.29, 0.717) is 12.5 Å². The highest BCUT2D eigenvalue weighted by Gasteiger charge is 2.22. The van der Waals surface area contributed by atoms with E-state index in [9.17, 15) is 4.79 Å². The van der Waals surface area contributed by atoms with Gasteiger partial charge in [-0.15, -0.1) is 0 Å². The molecular formula is C12H23NO3. The van der Waals surface area contributed by atoms with Crippen molar-refractivity contribution in [3.63, 3.8) is 0 Å². The third-order valence-electron chi connectivity index (χ3n) is 3.48. The number of nitrogens with zero attached hydrogens (tertiary/aromatic N) is 1. The van der Waals surface area contributed by atoms with E-state index in [1.807, 2.05) is 0 Å². The largest absolute Gasteiger partial charge is 0.481 e. The Morgan fingerprint density at radius 1 is 1.50 bits per heavy atom. The van der Waals surface area contributed by atoms with Crippen LogP contribution < -0.4 is 0 Å². The molecule has 94 valence electrons. The number of rotatable bonds is 6. The first kappa shape index (κ1) is 13.5. The summed E-state index contributed by atoms with van der Waals surface area (Å²) in [6.45, 7) is 3.89. The van der Waals surface area contributed by atoms with Crippen molar-refractivity contribution in [2.45, 2.75) is 45.1 Å². The number of aliphatic carboxylic acids is 1. The minimum atomic E-state index is -0.712. The van der Waals surface area contributed by atoms with Crippen molar-refractivity contribution >= 4 is 5.97 Å². The smallest absolute Gasteiger partial charge is 0.306 e. The highest BCUT2D eigenvalue weighted by Crippen LogP contribution is 2.20. The molecule has 0 aromatic carbocycles. The van der Waals surface area contributed by atoms with Gasteiger partial charge in [0.2, 0.25) is 0 Å². The van der Waals surface area contributed by atoms with Crippen LogP contribution in [0.15, 0.2) is 0 Å². The van der Waals surface area contributed by atoms with Gasteiger partial charge in [-0.05, 0) is 38.8 Å². The topological polar surface area (TPSA) is 60.8 Å². The standard InChI is InChI=1S/C12H23NO3/c1-10(12(15)16)5-8-13-7-3-2-4-11(13)6-9-14/h10-11,14H,2-9H2,1H3,(H,15,16). The predicted octanol–water partition coefficient (Wildman–Crippen LogP) is 1.33. The predicted molar refractivity (Wildman–Crippen MR) is 62.3 cm³/mol. The Labute approximate surface area is 97.3 Å². The molecule has 0 aromatic rings. The molecule has 1 rings (SSSR count). The zero-order chi connectivity index (χ0) is 12.0. The summed E-state index contributed by atoms with van der Waals surface area (Å²) >= 11 is 0. The maximum absolute atomic E-state index is 10.7. The number of carbonyl (C=O) groups is 1. The minimum Gasteiger partial charge on any atom is -0.481 e. The molecule has 1 heterocycles. The molecule has 1 aliphatic rings. The lowest BCUT2D eigenvalue weighted by Gasteiger charge is -2.35. The Kier molecular flexibility index (Phi) is 5.77. The van der Waals surface area contributed by atoms with E-state index in [1.54, 1.807) is 6.92 Å². The molecule has 0 aliphatic carbocycles. The number of aliphatic hydroxyl groups excluding tert-OH is 1. The van der Waals surface area contributed by atoms with Gasteiger partial charge in [0.15, 0.2) is 0 Å². The van der Waals surface area contributed by atoms with Gasteiger partial charge in [-0.25, -0.2) is 0 Å². The highest BCUT2D eigenvalue weighted by atomic mass is 16.4. The summed E-state index contributed by atoms with van der Waals surface area (Å²) in [7, 11) is 0. The number of carboxylic acids is 1. The van der Waals surface area contributed by atoms with Gasteiger partial charge in [0, 0.05) is 12.6 Å². The normalized spacial score (nSPS) is 24.2. The number of hydrogen-bond donors (Lipinski definition) is 2. The molecule has 0 aromatic heterocycles. The van der Waals surface area contributed by atoms with Gasteiger partial charge in [-0.2, -0.15) is 0 Å². The zero-order valence-corrected chi connectivity index (χ0v) is 10.1. The number of likely N-dealkylation sites (tertiary alicyclic amines) is 1. The van der Waals surface area contributed by atoms with Crippen molar-refractivity contribution < 1.29 is 15.0 Å². The highest BCUT2D eigenvalue weighted by molar-refractivity contribution is 5.69. The Bertz CT molecular complexity index is 218. The zero-order valence-electron chi connectivity index (χ0n) is 10.1. The Balaban J connectivity index is 2.34. The van der Waals surface area contributed by atoms with Crippen LogP contribution in [0.5, 0.6) is 0 Å². The quantitative estimate of drug-likeness (QED) is 0.721. The summed E-state index contributed by atoms with van der Waals surface area (Å²) in [6, 6.07) is 0.458. The van der Waals surface area contributed by atoms with Gasteiger partial charge in [0.05, 0.1) is 5.92 Å². The van der Waals surface area contributed by atoms with Crippen LogP contribution in [0.4, 0.5) is 0 Å². The number of piperidine rings is 1. The minimum absolute atomic E-state index is 0.232. The molecule has 2 atom stereocenters. The van der Waals surface area contributed by atoms with E-state index >= 15 is 0 Å². The number of aliphatic hydroxyl groups is 1. The maximum Gasteiger partial charge on any atom is 0.306 e. The third kappa shape index (κ3) is 4.10. The number of hydrogen-bond acceptors (Lipinski definition) is 3. The average Bonchev–Trinajstić information content (AvgIpc) is 2.27. The van der Waals surface area contributed by atoms with Crippen LogP contribution in [-0.2, 0) is 4.79 Å². The number of carboxylic acid groups (broad SMARTS) is 1. The Morgan fingerprint density at radius 2 is 2.25 bits per heavy atom. The van der Waals surface area contributed by atoms with E-state index in [-0.39, 0.29) is 12.5 Å². The lowest BCUT2D eigenvalue weighted by atomic mass is 9.98. The molecule has 0 spiro atoms. The van der Waals surface area contributed by atoms with Crippen LogP contribution in [0.25, 0.3) is 0 Å². The van der Waals surface area contributed by atoms with Crippen molar-refractivity contribution in [1.29, 1.82) is 0 Å². The monoisotopic (exact) mass is 229 g/mol. The summed E-state index contributed by atoms with van der Waals surface area (Å²) in [6.07, 6.45) is 5.10. The summed E-state index contributed by atoms with van der Waals surface area (Å²) in [4.78, 5) is 13.1. The maximum atomic E-state index is 10.7. The van der Waals surface area contributed by atoms with E-state index in [0.717, 1.165) is 25.9 Å². The summed E-state index contributed by atoms with van der Waals surface area (Å²) in [5, 5.41) is 17.8. The lowest BCUT2D eigenvalue weighted by Crippen LogP contribution is -2.41. The van der Waals surface area contributed by atoms with Crippen LogP contribution in [0, 0.1) is 5.92 Å². The van der Waals surface area contributed by atoms with Gasteiger partial charge in [0.1, 0.15) is 0 Å². The van der Waals surface area contributed by atoms with E-state index < -0.39 is 5.97 Å². The molecule has 4 nitrogen and oxygen atoms in total. The molecule has 1 fully saturated rings. The summed E-state index contributed by atoms with van der Waals surface area (Å²) in [5.41, 5.74) is 0. The second-order valence-electron chi connectivity index (χ2n) is 4.73. The van der Waals surface area contributed by atoms with E-state index in [2.05, 4.69) is 4.90 Å². The van der Waals surface area contributed by atoms with Crippen molar-refractivity contribution in [2.24, 2.45) is 5.92 Å². The SMILES string of the molecule is CC(CCN1CCCCC1CCO)C(=O)O. The molecule has 1 aliphatic heterocycles. The van der Waals surface area contributed by atoms with Crippen LogP contribution in [0.3, 0.4) is 0 Å². The van der Waals surface area contributed by atoms with Gasteiger partial charge in [-0.1, -0.05) is 13.3 Å². The average molecular weight is 229 g/mol. The van der Waals surface area contributed by atoms with E-state index in [1.165, 1.54) is 12.8 Å². The van der Waals surface area contributed by atoms with Crippen molar-refractivity contribution in [2.75, 3.05) is 19.7 Å². The second-order valence-corrected chi connectivity index (χ2v) is 4.73. The first-order valence-electron chi connectivity index (χ1n) is 6.23. The molecular weight excluding hydrogens is 206 g/mol. The van der Waals surface area contributed by atoms with Crippen molar-refractivity contribution in [3.8, 4) is 0 Å². The fourth-order valence-corrected chi connectivity index (χ4v) is 2.31. The first-order chi connectivity index (χ1) is 7.65. The molecule has 4 heteroatoms. The molecule has 16 heavy (non-hydrogen) atoms. The van der Waals surface area contributed by atoms with Crippen LogP contribution in [0.2, 0.25) is 0 Å². The summed E-state index contributed by atoms with van der Waals surface area (Å²) < 4.78 is 0. The van der Waals surface area contributed by atoms with Gasteiger partial charge < -0.3 is 15.1 Å². The molecule has 2 unspecified atom stereocenters. The van der Waals surface area contributed by atoms with Crippen LogP contribution >= 0.6 is 0 Å². The van der Waals surface area contributed by atoms with Gasteiger partial charge >= 0.3 is 5.97 Å². The third-order valence-corrected chi connectivity index (χ3v) is 3.48. The summed E-state index contributed by atoms with van der Waals surface area (Å²) in [5.74, 6) is -0.979. The molecule has 0 saturated carbocycles. The fraction of sp³-hybridized carbons (Fsp3) is 0.917. The van der Waals surface area contributed by atoms with Gasteiger partial charge in [-0.3, -0.25) is 4.79 Å². The van der Waals surface area contributed by atoms with Crippen molar-refractivity contribution in [1.82, 2.24) is 4.90 Å². The fourth-order valence-electron chi connectivity index (χ4n) is 2.31. The van der Waals surface area contributed by atoms with Crippen LogP contribution in [0.1, 0.15) is 39.0 Å². The molecule has 2 N–H and O–H groups in total. The molecule has 1 saturated heterocycles.